The van der Waals surface area contributed by atoms with Gasteiger partial charge in [0, 0.05) is 6.54 Å². The van der Waals surface area contributed by atoms with Crippen LogP contribution in [0.15, 0.2) is 23.8 Å². The summed E-state index contributed by atoms with van der Waals surface area (Å²) in [5.74, 6) is 0.270. The standard InChI is InChI=1S/C13H18FN/c1-9(2)12(8-15)7-11-4-5-13(14)10(3)6-11/h4-7,9H,8,15H2,1-3H3. The molecule has 1 aromatic rings. The van der Waals surface area contributed by atoms with Gasteiger partial charge in [0.1, 0.15) is 5.82 Å². The molecular formula is C13H18FN. The summed E-state index contributed by atoms with van der Waals surface area (Å²) in [6.45, 7) is 6.53. The van der Waals surface area contributed by atoms with Gasteiger partial charge in [-0.2, -0.15) is 0 Å². The molecule has 0 heterocycles. The minimum Gasteiger partial charge on any atom is -0.327 e. The zero-order valence-corrected chi connectivity index (χ0v) is 9.55. The molecule has 0 aliphatic heterocycles. The highest BCUT2D eigenvalue weighted by molar-refractivity contribution is 5.54. The van der Waals surface area contributed by atoms with Gasteiger partial charge in [-0.25, -0.2) is 4.39 Å². The van der Waals surface area contributed by atoms with E-state index >= 15 is 0 Å². The van der Waals surface area contributed by atoms with Gasteiger partial charge in [-0.15, -0.1) is 0 Å². The van der Waals surface area contributed by atoms with E-state index in [1.165, 1.54) is 11.6 Å². The molecule has 0 amide bonds. The van der Waals surface area contributed by atoms with Crippen molar-refractivity contribution in [3.8, 4) is 0 Å². The maximum absolute atomic E-state index is 13.0. The fourth-order valence-corrected chi connectivity index (χ4v) is 1.43. The van der Waals surface area contributed by atoms with Crippen LogP contribution in [0.4, 0.5) is 4.39 Å². The van der Waals surface area contributed by atoms with Gasteiger partial charge in [0.25, 0.3) is 0 Å². The molecule has 1 aromatic carbocycles. The molecule has 0 aliphatic rings. The summed E-state index contributed by atoms with van der Waals surface area (Å²) in [7, 11) is 0. The van der Waals surface area contributed by atoms with Gasteiger partial charge in [0.15, 0.2) is 0 Å². The van der Waals surface area contributed by atoms with E-state index in [1.54, 1.807) is 13.0 Å². The van der Waals surface area contributed by atoms with Crippen LogP contribution in [0.5, 0.6) is 0 Å². The monoisotopic (exact) mass is 207 g/mol. The number of nitrogens with two attached hydrogens (primary N) is 1. The number of halogens is 1. The molecule has 0 atom stereocenters. The molecule has 2 heteroatoms. The minimum atomic E-state index is -0.161. The maximum atomic E-state index is 13.0. The van der Waals surface area contributed by atoms with Gasteiger partial charge in [-0.1, -0.05) is 31.6 Å². The van der Waals surface area contributed by atoms with E-state index in [0.29, 0.717) is 18.0 Å². The quantitative estimate of drug-likeness (QED) is 0.809. The first-order valence-corrected chi connectivity index (χ1v) is 5.21. The minimum absolute atomic E-state index is 0.161. The third kappa shape index (κ3) is 3.17. The summed E-state index contributed by atoms with van der Waals surface area (Å²) >= 11 is 0. The Morgan fingerprint density at radius 3 is 2.60 bits per heavy atom. The molecule has 0 saturated heterocycles. The van der Waals surface area contributed by atoms with Gasteiger partial charge < -0.3 is 5.73 Å². The lowest BCUT2D eigenvalue weighted by Crippen LogP contribution is -2.08. The van der Waals surface area contributed by atoms with Crippen molar-refractivity contribution in [2.45, 2.75) is 20.8 Å². The second-order valence-electron chi connectivity index (χ2n) is 4.09. The Labute approximate surface area is 90.8 Å². The molecule has 1 rings (SSSR count). The van der Waals surface area contributed by atoms with Crippen molar-refractivity contribution in [2.75, 3.05) is 6.54 Å². The lowest BCUT2D eigenvalue weighted by atomic mass is 10.00. The van der Waals surface area contributed by atoms with Crippen molar-refractivity contribution in [1.29, 1.82) is 0 Å². The molecule has 82 valence electrons. The highest BCUT2D eigenvalue weighted by Crippen LogP contribution is 2.16. The highest BCUT2D eigenvalue weighted by atomic mass is 19.1. The van der Waals surface area contributed by atoms with E-state index in [9.17, 15) is 4.39 Å². The summed E-state index contributed by atoms with van der Waals surface area (Å²) < 4.78 is 13.0. The van der Waals surface area contributed by atoms with Crippen molar-refractivity contribution < 1.29 is 4.39 Å². The van der Waals surface area contributed by atoms with Crippen LogP contribution in [0.25, 0.3) is 6.08 Å². The number of hydrogen-bond acceptors (Lipinski definition) is 1. The normalized spacial score (nSPS) is 12.3. The van der Waals surface area contributed by atoms with Crippen LogP contribution >= 0.6 is 0 Å². The Kier molecular flexibility index (Phi) is 4.04. The van der Waals surface area contributed by atoms with Crippen LogP contribution in [0.1, 0.15) is 25.0 Å². The van der Waals surface area contributed by atoms with E-state index in [0.717, 1.165) is 5.56 Å². The van der Waals surface area contributed by atoms with Crippen LogP contribution in [0.3, 0.4) is 0 Å². The molecule has 1 nitrogen and oxygen atoms in total. The summed E-state index contributed by atoms with van der Waals surface area (Å²) in [6, 6.07) is 5.11. The van der Waals surface area contributed by atoms with Gasteiger partial charge in [0.05, 0.1) is 0 Å². The van der Waals surface area contributed by atoms with Crippen molar-refractivity contribution in [3.63, 3.8) is 0 Å². The van der Waals surface area contributed by atoms with E-state index in [2.05, 4.69) is 13.8 Å². The van der Waals surface area contributed by atoms with Gasteiger partial charge in [-0.3, -0.25) is 0 Å². The van der Waals surface area contributed by atoms with Crippen LogP contribution in [0.2, 0.25) is 0 Å². The largest absolute Gasteiger partial charge is 0.327 e. The fraction of sp³-hybridized carbons (Fsp3) is 0.385. The Morgan fingerprint density at radius 1 is 1.47 bits per heavy atom. The summed E-state index contributed by atoms with van der Waals surface area (Å²) in [5.41, 5.74) is 8.52. The molecule has 0 bridgehead atoms. The average molecular weight is 207 g/mol. The van der Waals surface area contributed by atoms with E-state index < -0.39 is 0 Å². The topological polar surface area (TPSA) is 26.0 Å². The number of aryl methyl sites for hydroxylation is 1. The zero-order valence-electron chi connectivity index (χ0n) is 9.55. The average Bonchev–Trinajstić information content (AvgIpc) is 2.19. The Hall–Kier alpha value is -1.15. The Balaban J connectivity index is 3.01. The molecule has 0 aromatic heterocycles. The van der Waals surface area contributed by atoms with Crippen LogP contribution in [0, 0.1) is 18.7 Å². The van der Waals surface area contributed by atoms with Crippen molar-refractivity contribution in [3.05, 3.63) is 40.7 Å². The third-order valence-corrected chi connectivity index (χ3v) is 2.51. The number of hydrogen-bond donors (Lipinski definition) is 1. The van der Waals surface area contributed by atoms with Crippen molar-refractivity contribution >= 4 is 6.08 Å². The Morgan fingerprint density at radius 2 is 2.13 bits per heavy atom. The van der Waals surface area contributed by atoms with Gasteiger partial charge in [-0.05, 0) is 36.1 Å². The SMILES string of the molecule is Cc1cc(C=C(CN)C(C)C)ccc1F. The lowest BCUT2D eigenvalue weighted by molar-refractivity contribution is 0.618. The fourth-order valence-electron chi connectivity index (χ4n) is 1.43. The predicted molar refractivity (Wildman–Crippen MR) is 63.0 cm³/mol. The second-order valence-corrected chi connectivity index (χ2v) is 4.09. The first kappa shape index (κ1) is 11.9. The summed E-state index contributed by atoms with van der Waals surface area (Å²) in [6.07, 6.45) is 2.04. The first-order valence-electron chi connectivity index (χ1n) is 5.21. The maximum Gasteiger partial charge on any atom is 0.126 e. The molecule has 0 spiro atoms. The Bertz CT molecular complexity index is 367. The first-order chi connectivity index (χ1) is 7.04. The van der Waals surface area contributed by atoms with E-state index in [1.807, 2.05) is 12.1 Å². The highest BCUT2D eigenvalue weighted by Gasteiger charge is 2.02. The van der Waals surface area contributed by atoms with Crippen LogP contribution in [-0.2, 0) is 0 Å². The van der Waals surface area contributed by atoms with Crippen molar-refractivity contribution in [2.24, 2.45) is 11.7 Å². The zero-order chi connectivity index (χ0) is 11.4. The van der Waals surface area contributed by atoms with Gasteiger partial charge >= 0.3 is 0 Å². The molecule has 0 fully saturated rings. The number of benzene rings is 1. The molecular weight excluding hydrogens is 189 g/mol. The summed E-state index contributed by atoms with van der Waals surface area (Å²) in [5, 5.41) is 0. The van der Waals surface area contributed by atoms with Crippen molar-refractivity contribution in [1.82, 2.24) is 0 Å². The van der Waals surface area contributed by atoms with E-state index in [4.69, 9.17) is 5.73 Å². The number of rotatable bonds is 3. The molecule has 0 unspecified atom stereocenters. The predicted octanol–water partition coefficient (Wildman–Crippen LogP) is 3.13. The molecule has 2 N–H and O–H groups in total. The lowest BCUT2D eigenvalue weighted by Gasteiger charge is -2.09. The van der Waals surface area contributed by atoms with Crippen LogP contribution < -0.4 is 5.73 Å². The van der Waals surface area contributed by atoms with E-state index in [-0.39, 0.29) is 5.82 Å². The molecule has 15 heavy (non-hydrogen) atoms. The molecule has 0 radical (unpaired) electrons. The second kappa shape index (κ2) is 5.08. The van der Waals surface area contributed by atoms with Gasteiger partial charge in [0.2, 0.25) is 0 Å². The summed E-state index contributed by atoms with van der Waals surface area (Å²) in [4.78, 5) is 0. The smallest absolute Gasteiger partial charge is 0.126 e. The molecule has 0 aliphatic carbocycles. The molecule has 0 saturated carbocycles. The third-order valence-electron chi connectivity index (χ3n) is 2.51. The van der Waals surface area contributed by atoms with Crippen LogP contribution in [-0.4, -0.2) is 6.54 Å².